The van der Waals surface area contributed by atoms with E-state index in [0.717, 1.165) is 50.3 Å². The predicted octanol–water partition coefficient (Wildman–Crippen LogP) is 4.41. The molecule has 0 radical (unpaired) electrons. The highest BCUT2D eigenvalue weighted by Crippen LogP contribution is 2.44. The third-order valence-corrected chi connectivity index (χ3v) is 6.23. The third kappa shape index (κ3) is 4.96. The Morgan fingerprint density at radius 2 is 1.79 bits per heavy atom. The summed E-state index contributed by atoms with van der Waals surface area (Å²) in [6.07, 6.45) is 2.73. The molecule has 4 rings (SSSR count). The van der Waals surface area contributed by atoms with Crippen LogP contribution in [0.1, 0.15) is 36.3 Å². The molecule has 1 N–H and O–H groups in total. The van der Waals surface area contributed by atoms with Crippen molar-refractivity contribution in [3.05, 3.63) is 59.4 Å². The molecule has 1 saturated carbocycles. The monoisotopic (exact) mass is 395 g/mol. The summed E-state index contributed by atoms with van der Waals surface area (Å²) in [6, 6.07) is 13.4. The number of carbonyl (C=O) groups excluding carboxylic acids is 1. The van der Waals surface area contributed by atoms with Crippen LogP contribution in [-0.4, -0.2) is 44.0 Å². The lowest BCUT2D eigenvalue weighted by Crippen LogP contribution is -2.44. The molecule has 2 aromatic carbocycles. The molecule has 1 saturated heterocycles. The minimum Gasteiger partial charge on any atom is -0.369 e. The van der Waals surface area contributed by atoms with Crippen molar-refractivity contribution >= 4 is 17.3 Å². The normalized spacial score (nSPS) is 18.5. The van der Waals surface area contributed by atoms with Gasteiger partial charge in [-0.1, -0.05) is 12.1 Å². The largest absolute Gasteiger partial charge is 0.369 e. The van der Waals surface area contributed by atoms with Crippen LogP contribution < -0.4 is 10.2 Å². The quantitative estimate of drug-likeness (QED) is 0.787. The molecule has 1 aliphatic heterocycles. The fourth-order valence-electron chi connectivity index (χ4n) is 4.19. The maximum atomic E-state index is 13.6. The standard InChI is InChI=1S/C24H30FN3O/c1-17-15-19(5-10-23(17)25)22(18-3-4-18)16-24(29)26-20-6-8-21(9-7-20)28-13-11-27(2)12-14-28/h5-10,15,18,22H,3-4,11-14,16H2,1-2H3,(H,26,29). The molecule has 4 nitrogen and oxygen atoms in total. The molecule has 2 aliphatic rings. The van der Waals surface area contributed by atoms with Gasteiger partial charge >= 0.3 is 0 Å². The van der Waals surface area contributed by atoms with Gasteiger partial charge in [-0.3, -0.25) is 4.79 Å². The van der Waals surface area contributed by atoms with Gasteiger partial charge < -0.3 is 15.1 Å². The Bertz CT molecular complexity index is 855. The Hall–Kier alpha value is -2.40. The first-order valence-electron chi connectivity index (χ1n) is 10.6. The molecular weight excluding hydrogens is 365 g/mol. The zero-order chi connectivity index (χ0) is 20.4. The number of piperazine rings is 1. The van der Waals surface area contributed by atoms with Gasteiger partial charge in [0.2, 0.25) is 5.91 Å². The van der Waals surface area contributed by atoms with Crippen molar-refractivity contribution in [3.8, 4) is 0 Å². The van der Waals surface area contributed by atoms with E-state index in [4.69, 9.17) is 0 Å². The van der Waals surface area contributed by atoms with Crippen LogP contribution in [0.5, 0.6) is 0 Å². The van der Waals surface area contributed by atoms with Crippen LogP contribution in [0.25, 0.3) is 0 Å². The number of hydrogen-bond donors (Lipinski definition) is 1. The van der Waals surface area contributed by atoms with E-state index in [-0.39, 0.29) is 17.6 Å². The Kier molecular flexibility index (Phi) is 5.86. The second-order valence-corrected chi connectivity index (χ2v) is 8.54. The van der Waals surface area contributed by atoms with Gasteiger partial charge in [-0.2, -0.15) is 0 Å². The van der Waals surface area contributed by atoms with Crippen molar-refractivity contribution in [3.63, 3.8) is 0 Å². The summed E-state index contributed by atoms with van der Waals surface area (Å²) in [5.74, 6) is 0.536. The molecule has 2 fully saturated rings. The molecule has 1 aliphatic carbocycles. The summed E-state index contributed by atoms with van der Waals surface area (Å²) >= 11 is 0. The first-order valence-corrected chi connectivity index (χ1v) is 10.6. The van der Waals surface area contributed by atoms with Crippen LogP contribution >= 0.6 is 0 Å². The maximum Gasteiger partial charge on any atom is 0.224 e. The van der Waals surface area contributed by atoms with E-state index >= 15 is 0 Å². The maximum absolute atomic E-state index is 13.6. The highest BCUT2D eigenvalue weighted by Gasteiger charge is 2.34. The van der Waals surface area contributed by atoms with E-state index in [1.165, 1.54) is 11.8 Å². The number of likely N-dealkylation sites (N-methyl/N-ethyl adjacent to an activating group) is 1. The van der Waals surface area contributed by atoms with Crippen LogP contribution in [-0.2, 0) is 4.79 Å². The lowest BCUT2D eigenvalue weighted by Gasteiger charge is -2.34. The minimum atomic E-state index is -0.187. The van der Waals surface area contributed by atoms with Crippen molar-refractivity contribution in [1.29, 1.82) is 0 Å². The smallest absolute Gasteiger partial charge is 0.224 e. The molecular formula is C24H30FN3O. The number of hydrogen-bond acceptors (Lipinski definition) is 3. The summed E-state index contributed by atoms with van der Waals surface area (Å²) in [6.45, 7) is 5.99. The molecule has 5 heteroatoms. The number of benzene rings is 2. The van der Waals surface area contributed by atoms with Crippen LogP contribution in [0.4, 0.5) is 15.8 Å². The molecule has 2 aromatic rings. The van der Waals surface area contributed by atoms with Crippen molar-refractivity contribution in [1.82, 2.24) is 4.90 Å². The van der Waals surface area contributed by atoms with Gasteiger partial charge in [0.15, 0.2) is 0 Å². The average molecular weight is 396 g/mol. The number of anilines is 2. The highest BCUT2D eigenvalue weighted by molar-refractivity contribution is 5.91. The molecule has 1 heterocycles. The molecule has 29 heavy (non-hydrogen) atoms. The van der Waals surface area contributed by atoms with Gasteiger partial charge in [-0.25, -0.2) is 4.39 Å². The minimum absolute atomic E-state index is 0.0243. The fourth-order valence-corrected chi connectivity index (χ4v) is 4.19. The zero-order valence-corrected chi connectivity index (χ0v) is 17.3. The number of aryl methyl sites for hydroxylation is 1. The van der Waals surface area contributed by atoms with Crippen LogP contribution in [0, 0.1) is 18.7 Å². The molecule has 1 unspecified atom stereocenters. The first-order chi connectivity index (χ1) is 14.0. The molecule has 0 bridgehead atoms. The predicted molar refractivity (Wildman–Crippen MR) is 116 cm³/mol. The Morgan fingerprint density at radius 3 is 2.41 bits per heavy atom. The first kappa shape index (κ1) is 19.9. The van der Waals surface area contributed by atoms with Gasteiger partial charge in [0, 0.05) is 44.0 Å². The number of rotatable bonds is 6. The lowest BCUT2D eigenvalue weighted by atomic mass is 9.89. The fraction of sp³-hybridized carbons (Fsp3) is 0.458. The van der Waals surface area contributed by atoms with Crippen LogP contribution in [0.3, 0.4) is 0 Å². The third-order valence-electron chi connectivity index (χ3n) is 6.23. The number of carbonyl (C=O) groups is 1. The summed E-state index contributed by atoms with van der Waals surface area (Å²) in [7, 11) is 2.15. The van der Waals surface area contributed by atoms with Crippen molar-refractivity contribution in [2.45, 2.75) is 32.1 Å². The SMILES string of the molecule is Cc1cc(C(CC(=O)Nc2ccc(N3CCN(C)CC3)cc2)C2CC2)ccc1F. The van der Waals surface area contributed by atoms with Crippen LogP contribution in [0.15, 0.2) is 42.5 Å². The molecule has 0 spiro atoms. The van der Waals surface area contributed by atoms with E-state index in [1.54, 1.807) is 6.92 Å². The Labute approximate surface area is 172 Å². The Balaban J connectivity index is 1.37. The van der Waals surface area contributed by atoms with E-state index in [9.17, 15) is 9.18 Å². The van der Waals surface area contributed by atoms with Gasteiger partial charge in [0.25, 0.3) is 0 Å². The topological polar surface area (TPSA) is 35.6 Å². The summed E-state index contributed by atoms with van der Waals surface area (Å²) < 4.78 is 13.6. The number of amides is 1. The highest BCUT2D eigenvalue weighted by atomic mass is 19.1. The number of nitrogens with zero attached hydrogens (tertiary/aromatic N) is 2. The van der Waals surface area contributed by atoms with Gasteiger partial charge in [0.05, 0.1) is 0 Å². The number of halogens is 1. The van der Waals surface area contributed by atoms with E-state index in [2.05, 4.69) is 34.3 Å². The second-order valence-electron chi connectivity index (χ2n) is 8.54. The average Bonchev–Trinajstić information content (AvgIpc) is 3.55. The second kappa shape index (κ2) is 8.54. The molecule has 1 amide bonds. The summed E-state index contributed by atoms with van der Waals surface area (Å²) in [5.41, 5.74) is 3.76. The van der Waals surface area contributed by atoms with E-state index in [0.29, 0.717) is 17.9 Å². The van der Waals surface area contributed by atoms with Crippen LogP contribution in [0.2, 0.25) is 0 Å². The van der Waals surface area contributed by atoms with Gasteiger partial charge in [0.1, 0.15) is 5.82 Å². The van der Waals surface area contributed by atoms with Crippen molar-refractivity contribution in [2.75, 3.05) is 43.4 Å². The Morgan fingerprint density at radius 1 is 1.10 bits per heavy atom. The van der Waals surface area contributed by atoms with E-state index < -0.39 is 0 Å². The molecule has 1 atom stereocenters. The van der Waals surface area contributed by atoms with Gasteiger partial charge in [-0.05, 0) is 80.1 Å². The lowest BCUT2D eigenvalue weighted by molar-refractivity contribution is -0.116. The van der Waals surface area contributed by atoms with Crippen molar-refractivity contribution in [2.24, 2.45) is 5.92 Å². The molecule has 0 aromatic heterocycles. The van der Waals surface area contributed by atoms with Gasteiger partial charge in [-0.15, -0.1) is 0 Å². The summed E-state index contributed by atoms with van der Waals surface area (Å²) in [5, 5.41) is 3.05. The van der Waals surface area contributed by atoms with Crippen molar-refractivity contribution < 1.29 is 9.18 Å². The number of nitrogens with one attached hydrogen (secondary N) is 1. The molecule has 154 valence electrons. The van der Waals surface area contributed by atoms with E-state index in [1.807, 2.05) is 24.3 Å². The summed E-state index contributed by atoms with van der Waals surface area (Å²) in [4.78, 5) is 17.4. The zero-order valence-electron chi connectivity index (χ0n) is 17.3.